The fraction of sp³-hybridized carbons (Fsp3) is 0.286. The summed E-state index contributed by atoms with van der Waals surface area (Å²) in [5.41, 5.74) is 2.90. The van der Waals surface area contributed by atoms with E-state index in [-0.39, 0.29) is 5.91 Å². The molecular weight excluding hydrogens is 370 g/mol. The van der Waals surface area contributed by atoms with Gasteiger partial charge in [0.2, 0.25) is 0 Å². The van der Waals surface area contributed by atoms with Gasteiger partial charge in [0.1, 0.15) is 10.7 Å². The highest BCUT2D eigenvalue weighted by Crippen LogP contribution is 2.27. The molecule has 0 spiro atoms. The van der Waals surface area contributed by atoms with Crippen molar-refractivity contribution in [3.05, 3.63) is 64.8 Å². The largest absolute Gasteiger partial charge is 0.368 e. The molecule has 1 aromatic carbocycles. The lowest BCUT2D eigenvalue weighted by atomic mass is 10.2. The van der Waals surface area contributed by atoms with Crippen LogP contribution in [0.25, 0.3) is 0 Å². The molecule has 1 fully saturated rings. The number of nitrogens with one attached hydrogen (secondary N) is 1. The molecule has 1 saturated heterocycles. The van der Waals surface area contributed by atoms with Gasteiger partial charge in [-0.3, -0.25) is 4.79 Å². The number of pyridine rings is 1. The Hall–Kier alpha value is -2.93. The maximum absolute atomic E-state index is 13.0. The molecule has 1 amide bonds. The molecule has 0 radical (unpaired) electrons. The van der Waals surface area contributed by atoms with Crippen LogP contribution >= 0.6 is 11.3 Å². The summed E-state index contributed by atoms with van der Waals surface area (Å²) in [7, 11) is 0. The Morgan fingerprint density at radius 3 is 2.43 bits per heavy atom. The Morgan fingerprint density at radius 1 is 0.964 bits per heavy atom. The molecular formula is C21H23N5OS. The third-order valence-electron chi connectivity index (χ3n) is 4.80. The number of hydrogen-bond acceptors (Lipinski definition) is 6. The number of thiazole rings is 1. The highest BCUT2D eigenvalue weighted by atomic mass is 32.1. The van der Waals surface area contributed by atoms with Gasteiger partial charge in [0.05, 0.1) is 5.69 Å². The van der Waals surface area contributed by atoms with Gasteiger partial charge in [-0.25, -0.2) is 9.97 Å². The number of nitrogens with zero attached hydrogens (tertiary/aromatic N) is 4. The van der Waals surface area contributed by atoms with Crippen LogP contribution < -0.4 is 10.2 Å². The molecule has 0 aliphatic carbocycles. The topological polar surface area (TPSA) is 61.4 Å². The van der Waals surface area contributed by atoms with Crippen LogP contribution in [0.4, 0.5) is 16.6 Å². The van der Waals surface area contributed by atoms with Crippen molar-refractivity contribution in [2.24, 2.45) is 0 Å². The minimum atomic E-state index is 0.0629. The molecule has 0 atom stereocenters. The highest BCUT2D eigenvalue weighted by molar-refractivity contribution is 7.17. The van der Waals surface area contributed by atoms with E-state index in [0.29, 0.717) is 23.1 Å². The van der Waals surface area contributed by atoms with Crippen LogP contribution in [0, 0.1) is 13.8 Å². The Balaban J connectivity index is 1.42. The molecule has 6 nitrogen and oxygen atoms in total. The average molecular weight is 394 g/mol. The molecule has 3 heterocycles. The molecule has 0 saturated carbocycles. The zero-order valence-corrected chi connectivity index (χ0v) is 16.9. The number of rotatable bonds is 4. The maximum Gasteiger partial charge on any atom is 0.266 e. The lowest BCUT2D eigenvalue weighted by Crippen LogP contribution is -2.48. The molecule has 0 unspecified atom stereocenters. The summed E-state index contributed by atoms with van der Waals surface area (Å²) in [5.74, 6) is 0.803. The maximum atomic E-state index is 13.0. The second-order valence-electron chi connectivity index (χ2n) is 6.84. The van der Waals surface area contributed by atoms with Gasteiger partial charge in [-0.1, -0.05) is 35.6 Å². The van der Waals surface area contributed by atoms with Crippen molar-refractivity contribution in [2.75, 3.05) is 36.4 Å². The fourth-order valence-corrected chi connectivity index (χ4v) is 4.26. The van der Waals surface area contributed by atoms with Crippen LogP contribution in [-0.4, -0.2) is 47.0 Å². The van der Waals surface area contributed by atoms with E-state index in [2.05, 4.69) is 32.3 Å². The van der Waals surface area contributed by atoms with Crippen molar-refractivity contribution in [3.8, 4) is 0 Å². The molecule has 4 rings (SSSR count). The number of anilines is 3. The molecule has 2 aromatic heterocycles. The Morgan fingerprint density at radius 2 is 1.71 bits per heavy atom. The first-order valence-electron chi connectivity index (χ1n) is 9.37. The zero-order valence-electron chi connectivity index (χ0n) is 16.1. The number of piperazine rings is 1. The lowest BCUT2D eigenvalue weighted by Gasteiger charge is -2.36. The van der Waals surface area contributed by atoms with Gasteiger partial charge in [0.25, 0.3) is 5.91 Å². The predicted octanol–water partition coefficient (Wildman–Crippen LogP) is 3.86. The highest BCUT2D eigenvalue weighted by Gasteiger charge is 2.25. The summed E-state index contributed by atoms with van der Waals surface area (Å²) >= 11 is 1.39. The fourth-order valence-electron chi connectivity index (χ4n) is 3.32. The summed E-state index contributed by atoms with van der Waals surface area (Å²) < 4.78 is 0. The normalized spacial score (nSPS) is 14.2. The third-order valence-corrected chi connectivity index (χ3v) is 5.86. The first-order valence-corrected chi connectivity index (χ1v) is 10.2. The van der Waals surface area contributed by atoms with Gasteiger partial charge in [-0.15, -0.1) is 0 Å². The minimum absolute atomic E-state index is 0.0629. The average Bonchev–Trinajstić information content (AvgIpc) is 3.08. The monoisotopic (exact) mass is 393 g/mol. The molecule has 7 heteroatoms. The van der Waals surface area contributed by atoms with Crippen molar-refractivity contribution < 1.29 is 4.79 Å². The standard InChI is InChI=1S/C21H23N5OS/c1-15-7-6-10-18(22-15)24-21-23-16(2)19(28-21)20(27)26-13-11-25(12-14-26)17-8-4-3-5-9-17/h3-10H,11-14H2,1-2H3,(H,22,23,24). The summed E-state index contributed by atoms with van der Waals surface area (Å²) in [6, 6.07) is 16.1. The number of aromatic nitrogens is 2. The summed E-state index contributed by atoms with van der Waals surface area (Å²) in [6.45, 7) is 6.94. The number of para-hydroxylation sites is 1. The zero-order chi connectivity index (χ0) is 19.5. The summed E-state index contributed by atoms with van der Waals surface area (Å²) in [4.78, 5) is 26.9. The number of amides is 1. The SMILES string of the molecule is Cc1cccc(Nc2nc(C)c(C(=O)N3CCN(c4ccccc4)CC3)s2)n1. The van der Waals surface area contributed by atoms with Crippen molar-refractivity contribution >= 4 is 33.9 Å². The number of carbonyl (C=O) groups excluding carboxylic acids is 1. The van der Waals surface area contributed by atoms with Crippen molar-refractivity contribution in [1.82, 2.24) is 14.9 Å². The van der Waals surface area contributed by atoms with Crippen molar-refractivity contribution in [1.29, 1.82) is 0 Å². The minimum Gasteiger partial charge on any atom is -0.368 e. The van der Waals surface area contributed by atoms with E-state index in [1.807, 2.05) is 55.1 Å². The number of carbonyl (C=O) groups is 1. The van der Waals surface area contributed by atoms with Crippen LogP contribution in [0.3, 0.4) is 0 Å². The van der Waals surface area contributed by atoms with Gasteiger partial charge in [-0.2, -0.15) is 0 Å². The van der Waals surface area contributed by atoms with E-state index in [9.17, 15) is 4.79 Å². The Kier molecular flexibility index (Phi) is 5.25. The van der Waals surface area contributed by atoms with Crippen LogP contribution in [0.15, 0.2) is 48.5 Å². The first kappa shape index (κ1) is 18.4. The van der Waals surface area contributed by atoms with Crippen LogP contribution in [0.1, 0.15) is 21.1 Å². The molecule has 1 N–H and O–H groups in total. The first-order chi connectivity index (χ1) is 13.6. The number of aryl methyl sites for hydroxylation is 2. The van der Waals surface area contributed by atoms with Crippen LogP contribution in [-0.2, 0) is 0 Å². The second kappa shape index (κ2) is 7.98. The molecule has 1 aliphatic heterocycles. The predicted molar refractivity (Wildman–Crippen MR) is 114 cm³/mol. The van der Waals surface area contributed by atoms with E-state index < -0.39 is 0 Å². The van der Waals surface area contributed by atoms with E-state index >= 15 is 0 Å². The Labute approximate surface area is 168 Å². The van der Waals surface area contributed by atoms with E-state index in [1.54, 1.807) is 0 Å². The Bertz CT molecular complexity index is 964. The molecule has 0 bridgehead atoms. The van der Waals surface area contributed by atoms with E-state index in [1.165, 1.54) is 17.0 Å². The molecule has 28 heavy (non-hydrogen) atoms. The quantitative estimate of drug-likeness (QED) is 0.729. The van der Waals surface area contributed by atoms with E-state index in [0.717, 1.165) is 30.3 Å². The third kappa shape index (κ3) is 3.99. The van der Waals surface area contributed by atoms with E-state index in [4.69, 9.17) is 0 Å². The van der Waals surface area contributed by atoms with Gasteiger partial charge >= 0.3 is 0 Å². The van der Waals surface area contributed by atoms with Crippen molar-refractivity contribution in [2.45, 2.75) is 13.8 Å². The van der Waals surface area contributed by atoms with Crippen LogP contribution in [0.5, 0.6) is 0 Å². The van der Waals surface area contributed by atoms with Crippen molar-refractivity contribution in [3.63, 3.8) is 0 Å². The van der Waals surface area contributed by atoms with Gasteiger partial charge in [-0.05, 0) is 38.1 Å². The summed E-state index contributed by atoms with van der Waals surface area (Å²) in [6.07, 6.45) is 0. The lowest BCUT2D eigenvalue weighted by molar-refractivity contribution is 0.0750. The van der Waals surface area contributed by atoms with Gasteiger partial charge in [0, 0.05) is 37.6 Å². The second-order valence-corrected chi connectivity index (χ2v) is 7.84. The molecule has 144 valence electrons. The molecule has 3 aromatic rings. The smallest absolute Gasteiger partial charge is 0.266 e. The van der Waals surface area contributed by atoms with Gasteiger partial charge in [0.15, 0.2) is 5.13 Å². The number of benzene rings is 1. The van der Waals surface area contributed by atoms with Gasteiger partial charge < -0.3 is 15.1 Å². The summed E-state index contributed by atoms with van der Waals surface area (Å²) in [5, 5.41) is 3.91. The number of hydrogen-bond donors (Lipinski definition) is 1. The molecule has 1 aliphatic rings. The van der Waals surface area contributed by atoms with Crippen LogP contribution in [0.2, 0.25) is 0 Å².